The van der Waals surface area contributed by atoms with Crippen LogP contribution in [0.15, 0.2) is 58.6 Å². The van der Waals surface area contributed by atoms with Gasteiger partial charge in [-0.15, -0.1) is 23.5 Å². The fourth-order valence-corrected chi connectivity index (χ4v) is 4.29. The summed E-state index contributed by atoms with van der Waals surface area (Å²) < 4.78 is 0. The Labute approximate surface area is 189 Å². The van der Waals surface area contributed by atoms with E-state index in [1.807, 2.05) is 55.8 Å². The maximum Gasteiger partial charge on any atom is 0.308 e. The van der Waals surface area contributed by atoms with Gasteiger partial charge in [-0.3, -0.25) is 9.59 Å². The number of anilines is 1. The second-order valence-electron chi connectivity index (χ2n) is 6.90. The first-order valence-electron chi connectivity index (χ1n) is 9.56. The molecule has 1 aromatic heterocycles. The number of amides is 1. The van der Waals surface area contributed by atoms with Crippen molar-refractivity contribution in [2.24, 2.45) is 0 Å². The van der Waals surface area contributed by atoms with Crippen LogP contribution in [0.4, 0.5) is 5.69 Å². The molecule has 0 aliphatic carbocycles. The number of carboxylic acids is 1. The molecule has 160 valence electrons. The number of benzene rings is 2. The highest BCUT2D eigenvalue weighted by molar-refractivity contribution is 7.99. The van der Waals surface area contributed by atoms with Gasteiger partial charge in [-0.1, -0.05) is 29.8 Å². The first-order chi connectivity index (χ1) is 14.9. The van der Waals surface area contributed by atoms with Crippen LogP contribution in [0.25, 0.3) is 0 Å². The summed E-state index contributed by atoms with van der Waals surface area (Å²) >= 11 is 2.85. The van der Waals surface area contributed by atoms with Gasteiger partial charge in [0.25, 0.3) is 5.91 Å². The van der Waals surface area contributed by atoms with E-state index in [1.165, 1.54) is 23.5 Å². The van der Waals surface area contributed by atoms with Crippen molar-refractivity contribution >= 4 is 41.1 Å². The van der Waals surface area contributed by atoms with Crippen molar-refractivity contribution < 1.29 is 14.7 Å². The zero-order valence-electron chi connectivity index (χ0n) is 17.5. The van der Waals surface area contributed by atoms with E-state index in [0.29, 0.717) is 39.1 Å². The Morgan fingerprint density at radius 1 is 0.935 bits per heavy atom. The lowest BCUT2D eigenvalue weighted by molar-refractivity contribution is -0.136. The largest absolute Gasteiger partial charge is 0.481 e. The van der Waals surface area contributed by atoms with Crippen molar-refractivity contribution in [1.29, 1.82) is 0 Å². The number of nitrogens with one attached hydrogen (secondary N) is 1. The average Bonchev–Trinajstić information content (AvgIpc) is 2.76. The molecule has 0 fully saturated rings. The van der Waals surface area contributed by atoms with E-state index in [2.05, 4.69) is 15.3 Å². The van der Waals surface area contributed by atoms with E-state index < -0.39 is 5.97 Å². The molecule has 1 amide bonds. The van der Waals surface area contributed by atoms with Gasteiger partial charge in [0.2, 0.25) is 0 Å². The first kappa shape index (κ1) is 22.8. The van der Waals surface area contributed by atoms with Crippen LogP contribution in [-0.4, -0.2) is 39.5 Å². The van der Waals surface area contributed by atoms with Gasteiger partial charge in [-0.25, -0.2) is 9.97 Å². The Bertz CT molecular complexity index is 1060. The summed E-state index contributed by atoms with van der Waals surface area (Å²) in [5.74, 6) is -0.413. The summed E-state index contributed by atoms with van der Waals surface area (Å²) in [4.78, 5) is 32.7. The number of aromatic nitrogens is 2. The molecule has 1 heterocycles. The highest BCUT2D eigenvalue weighted by Crippen LogP contribution is 2.28. The van der Waals surface area contributed by atoms with Crippen molar-refractivity contribution in [2.45, 2.75) is 29.8 Å². The van der Waals surface area contributed by atoms with Crippen LogP contribution in [0.5, 0.6) is 0 Å². The summed E-state index contributed by atoms with van der Waals surface area (Å²) in [6.45, 7) is 1.98. The SMILES string of the molecule is CSc1nc(Cc2ccc(NC(=O)c3ccc(C)cc3)cc2)nc(SC)c1CC(=O)O. The quantitative estimate of drug-likeness (QED) is 0.377. The van der Waals surface area contributed by atoms with Gasteiger partial charge in [0.1, 0.15) is 15.9 Å². The van der Waals surface area contributed by atoms with Gasteiger partial charge in [0.15, 0.2) is 0 Å². The third kappa shape index (κ3) is 6.08. The highest BCUT2D eigenvalue weighted by Gasteiger charge is 2.16. The van der Waals surface area contributed by atoms with Crippen LogP contribution < -0.4 is 5.32 Å². The zero-order chi connectivity index (χ0) is 22.4. The number of aryl methyl sites for hydroxylation is 1. The summed E-state index contributed by atoms with van der Waals surface area (Å²) in [6, 6.07) is 15.0. The maximum absolute atomic E-state index is 12.4. The summed E-state index contributed by atoms with van der Waals surface area (Å²) in [5, 5.41) is 13.5. The number of carboxylic acid groups (broad SMARTS) is 1. The number of thioether (sulfide) groups is 2. The second kappa shape index (κ2) is 10.5. The van der Waals surface area contributed by atoms with Gasteiger partial charge < -0.3 is 10.4 Å². The van der Waals surface area contributed by atoms with Gasteiger partial charge >= 0.3 is 5.97 Å². The van der Waals surface area contributed by atoms with Crippen LogP contribution in [0.3, 0.4) is 0 Å². The van der Waals surface area contributed by atoms with E-state index in [0.717, 1.165) is 11.1 Å². The highest BCUT2D eigenvalue weighted by atomic mass is 32.2. The molecule has 6 nitrogen and oxygen atoms in total. The molecule has 2 aromatic carbocycles. The number of hydrogen-bond donors (Lipinski definition) is 2. The molecule has 8 heteroatoms. The number of aliphatic carboxylic acids is 1. The van der Waals surface area contributed by atoms with Crippen molar-refractivity contribution in [3.8, 4) is 0 Å². The monoisotopic (exact) mass is 453 g/mol. The predicted molar refractivity (Wildman–Crippen MR) is 125 cm³/mol. The normalized spacial score (nSPS) is 10.7. The van der Waals surface area contributed by atoms with Crippen LogP contribution >= 0.6 is 23.5 Å². The van der Waals surface area contributed by atoms with E-state index in [-0.39, 0.29) is 12.3 Å². The zero-order valence-corrected chi connectivity index (χ0v) is 19.1. The molecule has 0 radical (unpaired) electrons. The predicted octanol–water partition coefficient (Wildman–Crippen LogP) is 4.70. The summed E-state index contributed by atoms with van der Waals surface area (Å²) in [5.41, 5.74) is 4.08. The number of nitrogens with zero attached hydrogens (tertiary/aromatic N) is 2. The second-order valence-corrected chi connectivity index (χ2v) is 8.49. The smallest absolute Gasteiger partial charge is 0.308 e. The molecule has 0 bridgehead atoms. The fourth-order valence-electron chi connectivity index (χ4n) is 3.00. The lowest BCUT2D eigenvalue weighted by Gasteiger charge is -2.12. The van der Waals surface area contributed by atoms with E-state index in [4.69, 9.17) is 0 Å². The molecule has 3 rings (SSSR count). The number of hydrogen-bond acceptors (Lipinski definition) is 6. The van der Waals surface area contributed by atoms with Gasteiger partial charge in [-0.05, 0) is 49.3 Å². The lowest BCUT2D eigenvalue weighted by Crippen LogP contribution is -2.11. The molecule has 31 heavy (non-hydrogen) atoms. The van der Waals surface area contributed by atoms with E-state index >= 15 is 0 Å². The number of carbonyl (C=O) groups excluding carboxylic acids is 1. The van der Waals surface area contributed by atoms with Gasteiger partial charge in [-0.2, -0.15) is 0 Å². The minimum absolute atomic E-state index is 0.0952. The molecule has 0 spiro atoms. The summed E-state index contributed by atoms with van der Waals surface area (Å²) in [6.07, 6.45) is 4.18. The Morgan fingerprint density at radius 3 is 2.03 bits per heavy atom. The Hall–Kier alpha value is -2.84. The lowest BCUT2D eigenvalue weighted by atomic mass is 10.1. The Morgan fingerprint density at radius 2 is 1.52 bits per heavy atom. The van der Waals surface area contributed by atoms with Gasteiger partial charge in [0, 0.05) is 23.2 Å². The molecule has 0 unspecified atom stereocenters. The average molecular weight is 454 g/mol. The standard InChI is InChI=1S/C23H23N3O3S2/c1-14-4-8-16(9-5-14)21(29)24-17-10-6-15(7-11-17)12-19-25-22(30-2)18(13-20(27)28)23(26-19)31-3/h4-11H,12-13H2,1-3H3,(H,24,29)(H,27,28). The fraction of sp³-hybridized carbons (Fsp3) is 0.217. The van der Waals surface area contributed by atoms with Crippen molar-refractivity contribution in [3.63, 3.8) is 0 Å². The third-order valence-corrected chi connectivity index (χ3v) is 6.03. The minimum Gasteiger partial charge on any atom is -0.481 e. The molecular formula is C23H23N3O3S2. The number of rotatable bonds is 8. The Kier molecular flexibility index (Phi) is 7.70. The van der Waals surface area contributed by atoms with Crippen LogP contribution in [0.2, 0.25) is 0 Å². The molecule has 3 aromatic rings. The molecule has 0 aliphatic heterocycles. The topological polar surface area (TPSA) is 92.2 Å². The van der Waals surface area contributed by atoms with Crippen molar-refractivity contribution in [1.82, 2.24) is 9.97 Å². The molecule has 0 aliphatic rings. The van der Waals surface area contributed by atoms with E-state index in [9.17, 15) is 14.7 Å². The number of carbonyl (C=O) groups is 2. The minimum atomic E-state index is -0.898. The van der Waals surface area contributed by atoms with Crippen LogP contribution in [0.1, 0.15) is 32.9 Å². The van der Waals surface area contributed by atoms with Crippen LogP contribution in [0, 0.1) is 6.92 Å². The summed E-state index contributed by atoms with van der Waals surface area (Å²) in [7, 11) is 0. The third-order valence-electron chi connectivity index (χ3n) is 4.58. The molecule has 0 saturated heterocycles. The molecule has 2 N–H and O–H groups in total. The molecule has 0 saturated carbocycles. The van der Waals surface area contributed by atoms with Crippen molar-refractivity contribution in [2.75, 3.05) is 17.8 Å². The van der Waals surface area contributed by atoms with Crippen LogP contribution in [-0.2, 0) is 17.6 Å². The molecule has 0 atom stereocenters. The Balaban J connectivity index is 1.74. The van der Waals surface area contributed by atoms with Gasteiger partial charge in [0.05, 0.1) is 6.42 Å². The maximum atomic E-state index is 12.4. The van der Waals surface area contributed by atoms with Crippen molar-refractivity contribution in [3.05, 3.63) is 76.6 Å². The van der Waals surface area contributed by atoms with E-state index in [1.54, 1.807) is 12.1 Å². The molecular weight excluding hydrogens is 430 g/mol. The first-order valence-corrected chi connectivity index (χ1v) is 12.0.